The molecule has 0 bridgehead atoms. The lowest BCUT2D eigenvalue weighted by atomic mass is 9.45. The molecule has 1 heterocycles. The van der Waals surface area contributed by atoms with Gasteiger partial charge in [-0.3, -0.25) is 4.68 Å². The van der Waals surface area contributed by atoms with Crippen molar-refractivity contribution >= 4 is 0 Å². The third-order valence-corrected chi connectivity index (χ3v) is 5.42. The van der Waals surface area contributed by atoms with Crippen molar-refractivity contribution in [3.63, 3.8) is 0 Å². The summed E-state index contributed by atoms with van der Waals surface area (Å²) in [5, 5.41) is 17.8. The quantitative estimate of drug-likeness (QED) is 0.900. The van der Waals surface area contributed by atoms with E-state index in [0.29, 0.717) is 0 Å². The lowest BCUT2D eigenvalue weighted by Gasteiger charge is -2.61. The first kappa shape index (κ1) is 16.7. The van der Waals surface area contributed by atoms with E-state index in [-0.39, 0.29) is 37.1 Å². The summed E-state index contributed by atoms with van der Waals surface area (Å²) in [6.45, 7) is 1.25. The molecule has 2 aliphatic carbocycles. The van der Waals surface area contributed by atoms with E-state index in [1.165, 1.54) is 24.9 Å². The number of aliphatic hydroxyl groups is 1. The van der Waals surface area contributed by atoms with Crippen LogP contribution in [-0.4, -0.2) is 40.0 Å². The number of hydrogen-bond acceptors (Lipinski definition) is 4. The Balaban J connectivity index is 1.76. The van der Waals surface area contributed by atoms with Gasteiger partial charge in [-0.1, -0.05) is 11.6 Å². The average molecular weight is 333 g/mol. The zero-order chi connectivity index (χ0) is 16.9. The number of alkyl halides is 3. The number of halogens is 3. The van der Waals surface area contributed by atoms with E-state index in [9.17, 15) is 18.3 Å². The van der Waals surface area contributed by atoms with Crippen molar-refractivity contribution in [2.24, 2.45) is 10.8 Å². The molecular formula is C15H22F3N3O2. The molecule has 2 saturated carbocycles. The van der Waals surface area contributed by atoms with Crippen LogP contribution < -0.4 is 0 Å². The second-order valence-corrected chi connectivity index (χ2v) is 7.49. The van der Waals surface area contributed by atoms with Gasteiger partial charge in [0, 0.05) is 7.11 Å². The summed E-state index contributed by atoms with van der Waals surface area (Å²) >= 11 is 0. The first-order chi connectivity index (χ1) is 10.6. The van der Waals surface area contributed by atoms with Crippen molar-refractivity contribution in [3.05, 3.63) is 11.9 Å². The van der Waals surface area contributed by atoms with E-state index in [2.05, 4.69) is 10.3 Å². The molecule has 2 aliphatic rings. The third kappa shape index (κ3) is 2.76. The van der Waals surface area contributed by atoms with Crippen LogP contribution in [0.15, 0.2) is 6.20 Å². The van der Waals surface area contributed by atoms with Crippen LogP contribution in [0.2, 0.25) is 0 Å². The van der Waals surface area contributed by atoms with Gasteiger partial charge in [0.2, 0.25) is 0 Å². The molecule has 1 N–H and O–H groups in total. The fourth-order valence-corrected chi connectivity index (χ4v) is 4.10. The predicted molar refractivity (Wildman–Crippen MR) is 75.5 cm³/mol. The van der Waals surface area contributed by atoms with Gasteiger partial charge in [0.1, 0.15) is 11.3 Å². The molecule has 0 saturated heterocycles. The zero-order valence-electron chi connectivity index (χ0n) is 13.4. The highest BCUT2D eigenvalue weighted by Crippen LogP contribution is 2.69. The van der Waals surface area contributed by atoms with Gasteiger partial charge >= 0.3 is 6.18 Å². The zero-order valence-corrected chi connectivity index (χ0v) is 13.4. The van der Waals surface area contributed by atoms with Gasteiger partial charge < -0.3 is 9.84 Å². The molecule has 23 heavy (non-hydrogen) atoms. The number of aromatic nitrogens is 3. The maximum absolute atomic E-state index is 13.6. The minimum absolute atomic E-state index is 0.000776. The molecule has 0 radical (unpaired) electrons. The Morgan fingerprint density at radius 2 is 2.00 bits per heavy atom. The van der Waals surface area contributed by atoms with Crippen LogP contribution in [0.25, 0.3) is 0 Å². The minimum Gasteiger partial charge on any atom is -0.381 e. The second-order valence-electron chi connectivity index (χ2n) is 7.49. The van der Waals surface area contributed by atoms with Crippen LogP contribution >= 0.6 is 0 Å². The van der Waals surface area contributed by atoms with Gasteiger partial charge in [-0.05, 0) is 38.0 Å². The van der Waals surface area contributed by atoms with Crippen molar-refractivity contribution in [2.45, 2.75) is 57.3 Å². The Hall–Kier alpha value is -1.15. The van der Waals surface area contributed by atoms with E-state index in [1.54, 1.807) is 0 Å². The summed E-state index contributed by atoms with van der Waals surface area (Å²) in [5.74, 6) is 0. The lowest BCUT2D eigenvalue weighted by Crippen LogP contribution is -2.59. The first-order valence-corrected chi connectivity index (χ1v) is 7.80. The fourth-order valence-electron chi connectivity index (χ4n) is 4.10. The Bertz CT molecular complexity index is 571. The Morgan fingerprint density at radius 3 is 2.48 bits per heavy atom. The van der Waals surface area contributed by atoms with E-state index in [0.717, 1.165) is 19.3 Å². The molecule has 1 aromatic rings. The Morgan fingerprint density at radius 1 is 1.35 bits per heavy atom. The van der Waals surface area contributed by atoms with E-state index in [1.807, 2.05) is 0 Å². The van der Waals surface area contributed by atoms with Crippen LogP contribution in [0.3, 0.4) is 0 Å². The summed E-state index contributed by atoms with van der Waals surface area (Å²) in [7, 11) is 1.43. The van der Waals surface area contributed by atoms with Crippen LogP contribution in [-0.2, 0) is 16.9 Å². The fraction of sp³-hybridized carbons (Fsp3) is 0.867. The van der Waals surface area contributed by atoms with Crippen LogP contribution in [0, 0.1) is 10.8 Å². The van der Waals surface area contributed by atoms with Gasteiger partial charge in [-0.15, -0.1) is 5.10 Å². The standard InChI is InChI=1S/C15H22F3N3O2/c1-12(22,10-23-2)11-6-21(20-19-11)9-14(15(16,17)18)7-13(8-14)4-3-5-13/h6,22H,3-5,7-10H2,1-2H3. The van der Waals surface area contributed by atoms with Crippen molar-refractivity contribution in [2.75, 3.05) is 13.7 Å². The maximum Gasteiger partial charge on any atom is 0.396 e. The summed E-state index contributed by atoms with van der Waals surface area (Å²) in [6.07, 6.45) is 0.306. The number of ether oxygens (including phenoxy) is 1. The van der Waals surface area contributed by atoms with Gasteiger partial charge in [-0.25, -0.2) is 0 Å². The number of rotatable bonds is 5. The normalized spacial score (nSPS) is 24.8. The average Bonchev–Trinajstić information content (AvgIpc) is 2.78. The lowest BCUT2D eigenvalue weighted by molar-refractivity contribution is -0.300. The summed E-state index contributed by atoms with van der Waals surface area (Å²) in [6, 6.07) is 0. The molecule has 2 fully saturated rings. The van der Waals surface area contributed by atoms with Crippen LogP contribution in [0.5, 0.6) is 0 Å². The highest BCUT2D eigenvalue weighted by Gasteiger charge is 2.68. The number of nitrogens with zero attached hydrogens (tertiary/aromatic N) is 3. The summed E-state index contributed by atoms with van der Waals surface area (Å²) in [5.41, 5.74) is -2.96. The Kier molecular flexibility index (Phi) is 3.76. The number of methoxy groups -OCH3 is 1. The molecule has 3 rings (SSSR count). The molecule has 1 aromatic heterocycles. The highest BCUT2D eigenvalue weighted by molar-refractivity contribution is 5.11. The monoisotopic (exact) mass is 333 g/mol. The highest BCUT2D eigenvalue weighted by atomic mass is 19.4. The topological polar surface area (TPSA) is 60.2 Å². The molecule has 0 amide bonds. The van der Waals surface area contributed by atoms with Crippen molar-refractivity contribution in [1.82, 2.24) is 15.0 Å². The van der Waals surface area contributed by atoms with Crippen LogP contribution in [0.1, 0.15) is 44.7 Å². The predicted octanol–water partition coefficient (Wildman–Crippen LogP) is 2.64. The van der Waals surface area contributed by atoms with Gasteiger partial charge in [0.05, 0.1) is 24.8 Å². The smallest absolute Gasteiger partial charge is 0.381 e. The summed E-state index contributed by atoms with van der Waals surface area (Å²) < 4.78 is 46.8. The van der Waals surface area contributed by atoms with Gasteiger partial charge in [0.15, 0.2) is 0 Å². The number of hydrogen-bond donors (Lipinski definition) is 1. The van der Waals surface area contributed by atoms with Crippen LogP contribution in [0.4, 0.5) is 13.2 Å². The van der Waals surface area contributed by atoms with Crippen molar-refractivity contribution in [1.29, 1.82) is 0 Å². The molecule has 1 spiro atoms. The molecule has 130 valence electrons. The third-order valence-electron chi connectivity index (χ3n) is 5.42. The van der Waals surface area contributed by atoms with Gasteiger partial charge in [0.25, 0.3) is 0 Å². The van der Waals surface area contributed by atoms with Gasteiger partial charge in [-0.2, -0.15) is 13.2 Å². The molecule has 5 nitrogen and oxygen atoms in total. The molecule has 1 unspecified atom stereocenters. The molecule has 0 aromatic carbocycles. The summed E-state index contributed by atoms with van der Waals surface area (Å²) in [4.78, 5) is 0. The van der Waals surface area contributed by atoms with E-state index < -0.39 is 17.2 Å². The molecular weight excluding hydrogens is 311 g/mol. The van der Waals surface area contributed by atoms with Crippen molar-refractivity contribution in [3.8, 4) is 0 Å². The van der Waals surface area contributed by atoms with E-state index in [4.69, 9.17) is 4.74 Å². The van der Waals surface area contributed by atoms with E-state index >= 15 is 0 Å². The molecule has 8 heteroatoms. The maximum atomic E-state index is 13.6. The molecule has 0 aliphatic heterocycles. The largest absolute Gasteiger partial charge is 0.396 e. The SMILES string of the molecule is COCC(C)(O)c1cn(CC2(C(F)(F)F)CC3(CCC3)C2)nn1. The minimum atomic E-state index is -4.25. The second kappa shape index (κ2) is 5.17. The first-order valence-electron chi connectivity index (χ1n) is 7.80. The molecule has 1 atom stereocenters. The van der Waals surface area contributed by atoms with Crippen molar-refractivity contribution < 1.29 is 23.0 Å². The Labute approximate surface area is 132 Å².